The fraction of sp³-hybridized carbons (Fsp3) is 0.797. The largest absolute Gasteiger partial charge is 0.462 e. The van der Waals surface area contributed by atoms with Gasteiger partial charge in [0.25, 0.3) is 0 Å². The van der Waals surface area contributed by atoms with Crippen molar-refractivity contribution in [2.75, 3.05) is 97.0 Å². The van der Waals surface area contributed by atoms with E-state index in [0.717, 1.165) is 4.90 Å². The molecule has 100 heavy (non-hydrogen) atoms. The Morgan fingerprint density at radius 1 is 0.500 bits per heavy atom. The standard InChI is InChI=1S/C74H131N9O17/c1-29-31-32-48(13)66(100-53(18)85)65(67(89)76-56(30-2)74(96)99-34-33-77(20)52(17)84)83(26)73(95)63(47(11)12)81(24)72(94)59(37-45(7)8)80(23)71(93)58(36-44(5)6)79(22)68(90)50(15)39-60(86)49(14)38-61(87)57(35-43(3)4)78(21)70(92)55(46(9)10)40-62(88)64(54(41-97-27)42-98-28)82(25)69(91)51(16)75-19/h29,31,43-51,54-59,63-66,75H,30,32-42H2,1-28H3,(H,76,89)/b31-29+/t48-,49-,50+,51-,55+,56+,57+,58+,59+,63+,64+,65+,66-/m1/s1. The number of ketones is 3. The Balaban J connectivity index is 7.23. The van der Waals surface area contributed by atoms with E-state index in [1.807, 2.05) is 61.5 Å². The molecule has 574 valence electrons. The van der Waals surface area contributed by atoms with Crippen LogP contribution in [0.25, 0.3) is 0 Å². The van der Waals surface area contributed by atoms with Crippen molar-refractivity contribution >= 4 is 76.5 Å². The first-order valence-corrected chi connectivity index (χ1v) is 35.7. The molecule has 13 atom stereocenters. The van der Waals surface area contributed by atoms with E-state index in [9.17, 15) is 47.9 Å². The van der Waals surface area contributed by atoms with Crippen LogP contribution in [0.15, 0.2) is 12.2 Å². The van der Waals surface area contributed by atoms with Gasteiger partial charge < -0.3 is 63.9 Å². The molecule has 0 aliphatic rings. The van der Waals surface area contributed by atoms with Crippen molar-refractivity contribution < 1.29 is 81.3 Å². The molecule has 0 aromatic rings. The summed E-state index contributed by atoms with van der Waals surface area (Å²) >= 11 is 0. The Bertz CT molecular complexity index is 2710. The molecular weight excluding hydrogens is 1290 g/mol. The lowest BCUT2D eigenvalue weighted by Gasteiger charge is -2.42. The van der Waals surface area contributed by atoms with Crippen LogP contribution in [0.1, 0.15) is 176 Å². The van der Waals surface area contributed by atoms with Crippen molar-refractivity contribution in [2.45, 2.75) is 230 Å². The summed E-state index contributed by atoms with van der Waals surface area (Å²) in [5, 5.41) is 5.63. The van der Waals surface area contributed by atoms with Gasteiger partial charge in [-0.2, -0.15) is 0 Å². The monoisotopic (exact) mass is 1420 g/mol. The Hall–Kier alpha value is -6.67. The Labute approximate surface area is 599 Å². The minimum atomic E-state index is -1.56. The number of methoxy groups -OCH3 is 2. The number of likely N-dealkylation sites (N-methyl/N-ethyl adjacent to an activating group) is 8. The summed E-state index contributed by atoms with van der Waals surface area (Å²) in [5.74, 6) is -12.3. The quantitative estimate of drug-likeness (QED) is 0.0511. The van der Waals surface area contributed by atoms with Crippen molar-refractivity contribution in [2.24, 2.45) is 59.2 Å². The van der Waals surface area contributed by atoms with Gasteiger partial charge in [0.15, 0.2) is 11.6 Å². The van der Waals surface area contributed by atoms with Crippen molar-refractivity contribution in [1.82, 2.24) is 44.9 Å². The van der Waals surface area contributed by atoms with Gasteiger partial charge in [-0.05, 0) is 88.5 Å². The lowest BCUT2D eigenvalue weighted by Crippen LogP contribution is -2.63. The maximum absolute atomic E-state index is 15.3. The van der Waals surface area contributed by atoms with Crippen molar-refractivity contribution in [3.8, 4) is 0 Å². The number of nitrogens with zero attached hydrogens (tertiary/aromatic N) is 7. The zero-order valence-corrected chi connectivity index (χ0v) is 66.2. The van der Waals surface area contributed by atoms with Gasteiger partial charge in [0.05, 0.1) is 37.9 Å². The molecule has 0 fully saturated rings. The molecule has 0 heterocycles. The first-order chi connectivity index (χ1) is 46.4. The molecule has 0 radical (unpaired) electrons. The third kappa shape index (κ3) is 28.6. The molecule has 0 aromatic carbocycles. The molecule has 0 unspecified atom stereocenters. The summed E-state index contributed by atoms with van der Waals surface area (Å²) in [6.07, 6.45) is 2.47. The molecule has 26 nitrogen and oxygen atoms in total. The van der Waals surface area contributed by atoms with Gasteiger partial charge in [-0.3, -0.25) is 57.5 Å². The summed E-state index contributed by atoms with van der Waals surface area (Å²) in [5.41, 5.74) is 0. The van der Waals surface area contributed by atoms with E-state index in [0.29, 0.717) is 6.42 Å². The minimum Gasteiger partial charge on any atom is -0.462 e. The smallest absolute Gasteiger partial charge is 0.328 e. The number of nitrogens with one attached hydrogen (secondary N) is 2. The second-order valence-electron chi connectivity index (χ2n) is 29.5. The summed E-state index contributed by atoms with van der Waals surface area (Å²) in [6.45, 7) is 31.1. The van der Waals surface area contributed by atoms with Gasteiger partial charge in [0.2, 0.25) is 47.3 Å². The van der Waals surface area contributed by atoms with Crippen LogP contribution in [-0.4, -0.2) is 262 Å². The summed E-state index contributed by atoms with van der Waals surface area (Å²) in [4.78, 5) is 194. The molecule has 8 amide bonds. The number of esters is 2. The average molecular weight is 1420 g/mol. The van der Waals surface area contributed by atoms with Crippen molar-refractivity contribution in [3.63, 3.8) is 0 Å². The molecule has 0 aliphatic carbocycles. The van der Waals surface area contributed by atoms with Crippen LogP contribution in [0.4, 0.5) is 0 Å². The SMILES string of the molecule is C/C=C/C[C@@H](C)[C@@H](OC(C)=O)[C@@H](C(=O)N[C@@H](CC)C(=O)OCCN(C)C(C)=O)N(C)C(=O)[C@H](C(C)C)N(C)C(=O)[C@H](CC(C)C)N(C)C(=O)[C@H](CC(C)C)N(C)C(=O)[C@@H](C)CC(=O)[C@H](C)CC(=O)[C@H](CC(C)C)N(C)C(=O)[C@@H](CC(=O)[C@H](C(COC)COC)N(C)C(=O)[C@@H](C)NC)C(C)C. The van der Waals surface area contributed by atoms with Gasteiger partial charge >= 0.3 is 11.9 Å². The maximum Gasteiger partial charge on any atom is 0.328 e. The summed E-state index contributed by atoms with van der Waals surface area (Å²) < 4.78 is 22.3. The molecule has 0 rings (SSSR count). The summed E-state index contributed by atoms with van der Waals surface area (Å²) in [7, 11) is 15.0. The Morgan fingerprint density at radius 3 is 1.40 bits per heavy atom. The van der Waals surface area contributed by atoms with Crippen molar-refractivity contribution in [1.29, 1.82) is 0 Å². The highest BCUT2D eigenvalue weighted by Gasteiger charge is 2.47. The topological polar surface area (TPSA) is 306 Å². The van der Waals surface area contributed by atoms with E-state index in [-0.39, 0.29) is 118 Å². The number of hydrogen-bond donors (Lipinski definition) is 2. The van der Waals surface area contributed by atoms with Crippen LogP contribution in [-0.2, 0) is 81.3 Å². The first-order valence-electron chi connectivity index (χ1n) is 35.7. The number of carbonyl (C=O) groups excluding carboxylic acids is 13. The van der Waals surface area contributed by atoms with Crippen molar-refractivity contribution in [3.05, 3.63) is 12.2 Å². The van der Waals surface area contributed by atoms with Gasteiger partial charge in [0, 0.05) is 120 Å². The molecule has 0 spiro atoms. The van der Waals surface area contributed by atoms with E-state index in [1.165, 1.54) is 92.7 Å². The second kappa shape index (κ2) is 45.3. The van der Waals surface area contributed by atoms with Gasteiger partial charge in [0.1, 0.15) is 48.7 Å². The average Bonchev–Trinajstić information content (AvgIpc) is 0.800. The molecule has 26 heteroatoms. The number of hydrogen-bond acceptors (Lipinski definition) is 18. The third-order valence-corrected chi connectivity index (χ3v) is 18.9. The van der Waals surface area contributed by atoms with E-state index >= 15 is 14.4 Å². The maximum atomic E-state index is 15.3. The number of carbonyl (C=O) groups is 13. The zero-order valence-electron chi connectivity index (χ0n) is 66.2. The predicted octanol–water partition coefficient (Wildman–Crippen LogP) is 6.13. The fourth-order valence-corrected chi connectivity index (χ4v) is 12.6. The van der Waals surface area contributed by atoms with Crippen LogP contribution in [0.3, 0.4) is 0 Å². The number of amides is 8. The highest BCUT2D eigenvalue weighted by atomic mass is 16.5. The van der Waals surface area contributed by atoms with Gasteiger partial charge in [-0.25, -0.2) is 4.79 Å². The fourth-order valence-electron chi connectivity index (χ4n) is 12.6. The van der Waals surface area contributed by atoms with Crippen LogP contribution in [0.5, 0.6) is 0 Å². The van der Waals surface area contributed by atoms with E-state index in [2.05, 4.69) is 10.6 Å². The first kappa shape index (κ1) is 93.3. The highest BCUT2D eigenvalue weighted by Crippen LogP contribution is 2.30. The van der Waals surface area contributed by atoms with Gasteiger partial charge in [-0.1, -0.05) is 109 Å². The molecule has 0 saturated carbocycles. The number of ether oxygens (including phenoxy) is 4. The lowest BCUT2D eigenvalue weighted by molar-refractivity contribution is -0.164. The lowest BCUT2D eigenvalue weighted by atomic mass is 9.83. The Morgan fingerprint density at radius 2 is 0.960 bits per heavy atom. The van der Waals surface area contributed by atoms with Crippen LogP contribution >= 0.6 is 0 Å². The molecule has 0 aliphatic heterocycles. The molecular formula is C74H131N9O17. The van der Waals surface area contributed by atoms with Gasteiger partial charge in [-0.15, -0.1) is 0 Å². The number of allylic oxidation sites excluding steroid dienone is 2. The third-order valence-electron chi connectivity index (χ3n) is 18.9. The highest BCUT2D eigenvalue weighted by molar-refractivity contribution is 5.99. The predicted molar refractivity (Wildman–Crippen MR) is 384 cm³/mol. The number of rotatable bonds is 47. The molecule has 2 N–H and O–H groups in total. The zero-order chi connectivity index (χ0) is 77.7. The van der Waals surface area contributed by atoms with E-state index in [1.54, 1.807) is 82.6 Å². The molecule has 0 aromatic heterocycles. The van der Waals surface area contributed by atoms with E-state index in [4.69, 9.17) is 18.9 Å². The normalized spacial score (nSPS) is 15.7. The van der Waals surface area contributed by atoms with Crippen LogP contribution < -0.4 is 10.6 Å². The summed E-state index contributed by atoms with van der Waals surface area (Å²) in [6, 6.07) is -8.97. The van der Waals surface area contributed by atoms with Crippen LogP contribution in [0.2, 0.25) is 0 Å². The Kier molecular flexibility index (Phi) is 42.3. The second-order valence-corrected chi connectivity index (χ2v) is 29.5. The molecule has 0 bridgehead atoms. The van der Waals surface area contributed by atoms with Crippen LogP contribution in [0, 0.1) is 59.2 Å². The number of Topliss-reactive ketones (excluding diaryl/α,β-unsaturated/α-hetero) is 3. The molecule has 0 saturated heterocycles. The minimum absolute atomic E-state index is 0.0683. The van der Waals surface area contributed by atoms with E-state index < -0.39 is 143 Å².